The third-order valence-electron chi connectivity index (χ3n) is 4.94. The minimum atomic E-state index is 0.147. The maximum atomic E-state index is 12.0. The van der Waals surface area contributed by atoms with Gasteiger partial charge in [0.1, 0.15) is 0 Å². The Labute approximate surface area is 129 Å². The van der Waals surface area contributed by atoms with Gasteiger partial charge in [0.25, 0.3) is 0 Å². The van der Waals surface area contributed by atoms with Crippen LogP contribution < -0.4 is 5.32 Å². The average Bonchev–Trinajstić information content (AvgIpc) is 3.01. The van der Waals surface area contributed by atoms with Crippen LogP contribution in [0.25, 0.3) is 0 Å². The summed E-state index contributed by atoms with van der Waals surface area (Å²) in [5.74, 6) is 1.22. The number of amides is 1. The van der Waals surface area contributed by atoms with E-state index in [1.165, 1.54) is 49.8 Å². The summed E-state index contributed by atoms with van der Waals surface area (Å²) in [4.78, 5) is 13.9. The van der Waals surface area contributed by atoms with Crippen molar-refractivity contribution in [3.63, 3.8) is 0 Å². The number of rotatable bonds is 5. The van der Waals surface area contributed by atoms with Gasteiger partial charge in [-0.2, -0.15) is 0 Å². The molecule has 21 heavy (non-hydrogen) atoms. The van der Waals surface area contributed by atoms with E-state index in [-0.39, 0.29) is 5.91 Å². The normalized spacial score (nSPS) is 24.1. The molecule has 2 aliphatic rings. The third-order valence-corrected chi connectivity index (χ3v) is 4.94. The zero-order valence-corrected chi connectivity index (χ0v) is 13.7. The molecule has 1 saturated heterocycles. The molecule has 0 bridgehead atoms. The van der Waals surface area contributed by atoms with Crippen LogP contribution in [0.2, 0.25) is 0 Å². The molecule has 3 heteroatoms. The van der Waals surface area contributed by atoms with E-state index >= 15 is 0 Å². The predicted octanol–water partition coefficient (Wildman–Crippen LogP) is 3.48. The Hall–Kier alpha value is -1.09. The van der Waals surface area contributed by atoms with Crippen LogP contribution >= 0.6 is 0 Å². The van der Waals surface area contributed by atoms with Crippen LogP contribution in [0.5, 0.6) is 0 Å². The summed E-state index contributed by atoms with van der Waals surface area (Å²) < 4.78 is 0. The van der Waals surface area contributed by atoms with Crippen LogP contribution in [0.4, 0.5) is 0 Å². The van der Waals surface area contributed by atoms with Gasteiger partial charge in [0.05, 0.1) is 0 Å². The van der Waals surface area contributed by atoms with E-state index < -0.39 is 0 Å². The summed E-state index contributed by atoms with van der Waals surface area (Å²) >= 11 is 0. The number of hydrogen-bond donors (Lipinski definition) is 1. The largest absolute Gasteiger partial charge is 0.316 e. The zero-order chi connectivity index (χ0) is 15.2. The van der Waals surface area contributed by atoms with Gasteiger partial charge in [-0.3, -0.25) is 4.79 Å². The Bertz CT molecular complexity index is 401. The van der Waals surface area contributed by atoms with Crippen molar-refractivity contribution >= 4 is 5.91 Å². The van der Waals surface area contributed by atoms with Crippen molar-refractivity contribution in [1.29, 1.82) is 0 Å². The molecule has 0 aromatic rings. The maximum absolute atomic E-state index is 12.0. The lowest BCUT2D eigenvalue weighted by Gasteiger charge is -2.33. The fourth-order valence-corrected chi connectivity index (χ4v) is 3.71. The fourth-order valence-electron chi connectivity index (χ4n) is 3.71. The first kappa shape index (κ1) is 16.3. The number of piperidine rings is 1. The average molecular weight is 290 g/mol. The van der Waals surface area contributed by atoms with Crippen molar-refractivity contribution in [2.45, 2.75) is 52.4 Å². The zero-order valence-electron chi connectivity index (χ0n) is 13.7. The molecule has 1 heterocycles. The molecule has 0 unspecified atom stereocenters. The first-order valence-corrected chi connectivity index (χ1v) is 8.52. The van der Waals surface area contributed by atoms with Gasteiger partial charge in [-0.25, -0.2) is 0 Å². The smallest absolute Gasteiger partial charge is 0.223 e. The van der Waals surface area contributed by atoms with Gasteiger partial charge in [0.2, 0.25) is 5.91 Å². The molecule has 1 N–H and O–H groups in total. The third kappa shape index (κ3) is 4.19. The summed E-state index contributed by atoms with van der Waals surface area (Å²) in [5.41, 5.74) is 2.42. The quantitative estimate of drug-likeness (QED) is 0.786. The topological polar surface area (TPSA) is 32.3 Å². The number of hydrogen-bond acceptors (Lipinski definition) is 2. The van der Waals surface area contributed by atoms with Gasteiger partial charge in [0, 0.05) is 31.6 Å². The van der Waals surface area contributed by atoms with E-state index in [0.29, 0.717) is 11.8 Å². The van der Waals surface area contributed by atoms with Crippen LogP contribution in [-0.4, -0.2) is 30.4 Å². The van der Waals surface area contributed by atoms with Gasteiger partial charge in [-0.05, 0) is 51.1 Å². The molecule has 1 aliphatic carbocycles. The molecule has 1 atom stereocenters. The minimum absolute atomic E-state index is 0.147. The summed E-state index contributed by atoms with van der Waals surface area (Å²) in [7, 11) is 0. The monoisotopic (exact) mass is 290 g/mol. The summed E-state index contributed by atoms with van der Waals surface area (Å²) in [6.45, 7) is 10.9. The highest BCUT2D eigenvalue weighted by Crippen LogP contribution is 2.33. The highest BCUT2D eigenvalue weighted by molar-refractivity contribution is 5.75. The van der Waals surface area contributed by atoms with Crippen molar-refractivity contribution in [2.75, 3.05) is 19.6 Å². The summed E-state index contributed by atoms with van der Waals surface area (Å²) in [6, 6.07) is 0. The first-order valence-electron chi connectivity index (χ1n) is 8.52. The molecule has 0 radical (unpaired) electrons. The predicted molar refractivity (Wildman–Crippen MR) is 87.8 cm³/mol. The van der Waals surface area contributed by atoms with E-state index in [9.17, 15) is 4.79 Å². The van der Waals surface area contributed by atoms with Gasteiger partial charge >= 0.3 is 0 Å². The molecular formula is C18H30N2O. The van der Waals surface area contributed by atoms with Crippen molar-refractivity contribution in [3.8, 4) is 0 Å². The Balaban J connectivity index is 2.20. The number of nitrogens with zero attached hydrogens (tertiary/aromatic N) is 1. The summed E-state index contributed by atoms with van der Waals surface area (Å²) in [6.07, 6.45) is 9.76. The second-order valence-corrected chi connectivity index (χ2v) is 6.43. The minimum Gasteiger partial charge on any atom is -0.316 e. The van der Waals surface area contributed by atoms with Gasteiger partial charge in [-0.15, -0.1) is 0 Å². The highest BCUT2D eigenvalue weighted by Gasteiger charge is 2.25. The molecule has 2 fully saturated rings. The standard InChI is InChI=1S/C18H30N2O/c1-4-20(15(3)21)18(17-10-7-11-19-13-17)12-14(2)16-8-5-6-9-16/h12,16-17,19H,2,4-11,13H2,1,3H3/b18-12-/t17-/m0/s1. The lowest BCUT2D eigenvalue weighted by Crippen LogP contribution is -2.38. The molecule has 2 rings (SSSR count). The Morgan fingerprint density at radius 2 is 1.90 bits per heavy atom. The van der Waals surface area contributed by atoms with Crippen molar-refractivity contribution in [2.24, 2.45) is 11.8 Å². The van der Waals surface area contributed by atoms with Crippen LogP contribution in [0.3, 0.4) is 0 Å². The molecule has 0 aromatic carbocycles. The van der Waals surface area contributed by atoms with Crippen molar-refractivity contribution in [1.82, 2.24) is 10.2 Å². The first-order chi connectivity index (χ1) is 10.1. The van der Waals surface area contributed by atoms with Gasteiger partial charge in [-0.1, -0.05) is 25.0 Å². The Morgan fingerprint density at radius 3 is 2.43 bits per heavy atom. The summed E-state index contributed by atoms with van der Waals surface area (Å²) in [5, 5.41) is 3.47. The lowest BCUT2D eigenvalue weighted by atomic mass is 9.90. The van der Waals surface area contributed by atoms with E-state index in [0.717, 1.165) is 19.6 Å². The molecule has 1 saturated carbocycles. The number of carbonyl (C=O) groups excluding carboxylic acids is 1. The fraction of sp³-hybridized carbons (Fsp3) is 0.722. The van der Waals surface area contributed by atoms with Crippen LogP contribution in [-0.2, 0) is 4.79 Å². The Morgan fingerprint density at radius 1 is 1.24 bits per heavy atom. The van der Waals surface area contributed by atoms with Crippen molar-refractivity contribution < 1.29 is 4.79 Å². The van der Waals surface area contributed by atoms with Crippen molar-refractivity contribution in [3.05, 3.63) is 23.9 Å². The molecular weight excluding hydrogens is 260 g/mol. The van der Waals surface area contributed by atoms with Crippen LogP contribution in [0.1, 0.15) is 52.4 Å². The van der Waals surface area contributed by atoms with E-state index in [2.05, 4.69) is 24.9 Å². The van der Waals surface area contributed by atoms with E-state index in [4.69, 9.17) is 0 Å². The SMILES string of the molecule is C=C(/C=C(/[C@H]1CCCNC1)N(CC)C(C)=O)C1CCCC1. The number of carbonyl (C=O) groups is 1. The highest BCUT2D eigenvalue weighted by atomic mass is 16.2. The molecule has 118 valence electrons. The number of allylic oxidation sites excluding steroid dienone is 2. The van der Waals surface area contributed by atoms with E-state index in [1.807, 2.05) is 4.90 Å². The molecule has 1 aliphatic heterocycles. The molecule has 3 nitrogen and oxygen atoms in total. The van der Waals surface area contributed by atoms with E-state index in [1.54, 1.807) is 6.92 Å². The second kappa shape index (κ2) is 7.79. The molecule has 1 amide bonds. The lowest BCUT2D eigenvalue weighted by molar-refractivity contribution is -0.127. The maximum Gasteiger partial charge on any atom is 0.223 e. The molecule has 0 aromatic heterocycles. The number of nitrogens with one attached hydrogen (secondary N) is 1. The van der Waals surface area contributed by atoms with Crippen LogP contribution in [0, 0.1) is 11.8 Å². The second-order valence-electron chi connectivity index (χ2n) is 6.43. The molecule has 0 spiro atoms. The van der Waals surface area contributed by atoms with Gasteiger partial charge in [0.15, 0.2) is 0 Å². The van der Waals surface area contributed by atoms with Gasteiger partial charge < -0.3 is 10.2 Å². The van der Waals surface area contributed by atoms with Crippen LogP contribution in [0.15, 0.2) is 23.9 Å². The Kier molecular flexibility index (Phi) is 6.04.